The molecule has 1 aromatic carbocycles. The van der Waals surface area contributed by atoms with Gasteiger partial charge >= 0.3 is 11.9 Å². The van der Waals surface area contributed by atoms with Crippen LogP contribution >= 0.6 is 11.3 Å². The van der Waals surface area contributed by atoms with Crippen molar-refractivity contribution in [2.75, 3.05) is 5.73 Å². The van der Waals surface area contributed by atoms with E-state index in [0.29, 0.717) is 16.4 Å². The molecule has 1 heterocycles. The Morgan fingerprint density at radius 1 is 1.20 bits per heavy atom. The fourth-order valence-electron chi connectivity index (χ4n) is 1.61. The molecule has 0 amide bonds. The van der Waals surface area contributed by atoms with Crippen LogP contribution in [0.25, 0.3) is 11.3 Å². The lowest BCUT2D eigenvalue weighted by Gasteiger charge is -2.11. The van der Waals surface area contributed by atoms with Crippen molar-refractivity contribution in [3.63, 3.8) is 0 Å². The molecule has 20 heavy (non-hydrogen) atoms. The SMILES string of the molecule is CC(=O)Oc1cccc(-c2csc(N)n2)c1OC(C)=O. The lowest BCUT2D eigenvalue weighted by molar-refractivity contribution is -0.134. The van der Waals surface area contributed by atoms with Gasteiger partial charge in [0, 0.05) is 24.8 Å². The first-order valence-electron chi connectivity index (χ1n) is 5.68. The Labute approximate surface area is 119 Å². The number of ether oxygens (including phenoxy) is 2. The Balaban J connectivity index is 2.54. The molecule has 104 valence electrons. The number of thiazole rings is 1. The third-order valence-corrected chi connectivity index (χ3v) is 2.95. The summed E-state index contributed by atoms with van der Waals surface area (Å²) in [6.07, 6.45) is 0. The summed E-state index contributed by atoms with van der Waals surface area (Å²) >= 11 is 1.27. The largest absolute Gasteiger partial charge is 0.423 e. The van der Waals surface area contributed by atoms with Gasteiger partial charge < -0.3 is 15.2 Å². The van der Waals surface area contributed by atoms with Crippen molar-refractivity contribution in [2.24, 2.45) is 0 Å². The van der Waals surface area contributed by atoms with Crippen LogP contribution in [0.4, 0.5) is 5.13 Å². The summed E-state index contributed by atoms with van der Waals surface area (Å²) in [7, 11) is 0. The van der Waals surface area contributed by atoms with E-state index in [2.05, 4.69) is 4.98 Å². The molecule has 0 atom stereocenters. The molecule has 0 saturated carbocycles. The number of hydrogen-bond donors (Lipinski definition) is 1. The summed E-state index contributed by atoms with van der Waals surface area (Å²) in [5, 5.41) is 2.13. The number of nitrogen functional groups attached to an aromatic ring is 1. The summed E-state index contributed by atoms with van der Waals surface area (Å²) in [4.78, 5) is 26.5. The number of anilines is 1. The number of nitrogens with zero attached hydrogens (tertiary/aromatic N) is 1. The summed E-state index contributed by atoms with van der Waals surface area (Å²) in [6.45, 7) is 2.54. The van der Waals surface area contributed by atoms with E-state index in [0.717, 1.165) is 0 Å². The lowest BCUT2D eigenvalue weighted by Crippen LogP contribution is -2.08. The van der Waals surface area contributed by atoms with Gasteiger partial charge in [-0.15, -0.1) is 11.3 Å². The Kier molecular flexibility index (Phi) is 3.99. The van der Waals surface area contributed by atoms with Crippen molar-refractivity contribution in [1.82, 2.24) is 4.98 Å². The number of carbonyl (C=O) groups is 2. The van der Waals surface area contributed by atoms with Crippen molar-refractivity contribution in [3.05, 3.63) is 23.6 Å². The summed E-state index contributed by atoms with van der Waals surface area (Å²) in [5.41, 5.74) is 6.69. The number of benzene rings is 1. The van der Waals surface area contributed by atoms with Crippen LogP contribution < -0.4 is 15.2 Å². The molecule has 0 aliphatic carbocycles. The fraction of sp³-hybridized carbons (Fsp3) is 0.154. The number of aromatic nitrogens is 1. The van der Waals surface area contributed by atoms with E-state index in [-0.39, 0.29) is 11.5 Å². The minimum absolute atomic E-state index is 0.153. The Morgan fingerprint density at radius 3 is 2.45 bits per heavy atom. The van der Waals surface area contributed by atoms with E-state index in [1.54, 1.807) is 23.6 Å². The Bertz CT molecular complexity index is 666. The van der Waals surface area contributed by atoms with Crippen LogP contribution in [0.1, 0.15) is 13.8 Å². The molecule has 0 aliphatic heterocycles. The molecule has 0 saturated heterocycles. The van der Waals surface area contributed by atoms with Gasteiger partial charge in [0.15, 0.2) is 16.6 Å². The normalized spacial score (nSPS) is 10.1. The highest BCUT2D eigenvalue weighted by Crippen LogP contribution is 2.39. The molecule has 2 rings (SSSR count). The molecule has 0 fully saturated rings. The minimum atomic E-state index is -0.519. The van der Waals surface area contributed by atoms with Crippen molar-refractivity contribution in [3.8, 4) is 22.8 Å². The molecule has 0 radical (unpaired) electrons. The molecule has 6 nitrogen and oxygen atoms in total. The third-order valence-electron chi connectivity index (χ3n) is 2.28. The molecule has 2 N–H and O–H groups in total. The zero-order valence-corrected chi connectivity index (χ0v) is 11.7. The molecule has 0 spiro atoms. The number of carbonyl (C=O) groups excluding carboxylic acids is 2. The highest BCUT2D eigenvalue weighted by Gasteiger charge is 2.17. The van der Waals surface area contributed by atoms with Crippen LogP contribution in [-0.2, 0) is 9.59 Å². The summed E-state index contributed by atoms with van der Waals surface area (Å²) in [5.74, 6) is -0.709. The number of para-hydroxylation sites is 1. The lowest BCUT2D eigenvalue weighted by atomic mass is 10.1. The maximum Gasteiger partial charge on any atom is 0.308 e. The van der Waals surface area contributed by atoms with Gasteiger partial charge in [0.05, 0.1) is 5.69 Å². The zero-order valence-electron chi connectivity index (χ0n) is 10.9. The van der Waals surface area contributed by atoms with Gasteiger partial charge in [-0.05, 0) is 12.1 Å². The van der Waals surface area contributed by atoms with Gasteiger partial charge in [0.1, 0.15) is 0 Å². The standard InChI is InChI=1S/C13H12N2O4S/c1-7(16)18-11-5-3-4-9(12(11)19-8(2)17)10-6-20-13(14)15-10/h3-6H,1-2H3,(H2,14,15). The van der Waals surface area contributed by atoms with Crippen LogP contribution in [0.15, 0.2) is 23.6 Å². The average molecular weight is 292 g/mol. The van der Waals surface area contributed by atoms with Crippen molar-refractivity contribution < 1.29 is 19.1 Å². The quantitative estimate of drug-likeness (QED) is 0.689. The molecule has 2 aromatic rings. The number of nitrogens with two attached hydrogens (primary N) is 1. The molecule has 0 bridgehead atoms. The molecule has 0 unspecified atom stereocenters. The maximum atomic E-state index is 11.2. The number of esters is 2. The Morgan fingerprint density at radius 2 is 1.90 bits per heavy atom. The second kappa shape index (κ2) is 5.70. The zero-order chi connectivity index (χ0) is 14.7. The molecule has 7 heteroatoms. The predicted octanol–water partition coefficient (Wildman–Crippen LogP) is 2.24. The van der Waals surface area contributed by atoms with Crippen LogP contribution in [-0.4, -0.2) is 16.9 Å². The molecule has 0 aliphatic rings. The highest BCUT2D eigenvalue weighted by atomic mass is 32.1. The van der Waals surface area contributed by atoms with Crippen molar-refractivity contribution in [1.29, 1.82) is 0 Å². The average Bonchev–Trinajstić information content (AvgIpc) is 2.76. The van der Waals surface area contributed by atoms with Gasteiger partial charge in [-0.25, -0.2) is 4.98 Å². The van der Waals surface area contributed by atoms with E-state index in [4.69, 9.17) is 15.2 Å². The Hall–Kier alpha value is -2.41. The van der Waals surface area contributed by atoms with Gasteiger partial charge in [-0.3, -0.25) is 9.59 Å². The monoisotopic (exact) mass is 292 g/mol. The van der Waals surface area contributed by atoms with E-state index in [1.165, 1.54) is 25.2 Å². The number of hydrogen-bond acceptors (Lipinski definition) is 7. The van der Waals surface area contributed by atoms with Gasteiger partial charge in [0.2, 0.25) is 0 Å². The van der Waals surface area contributed by atoms with Crippen molar-refractivity contribution in [2.45, 2.75) is 13.8 Å². The summed E-state index contributed by atoms with van der Waals surface area (Å²) < 4.78 is 10.2. The molecule has 1 aromatic heterocycles. The van der Waals surface area contributed by atoms with E-state index in [9.17, 15) is 9.59 Å². The van der Waals surface area contributed by atoms with Gasteiger partial charge in [0.25, 0.3) is 0 Å². The van der Waals surface area contributed by atoms with Crippen LogP contribution in [0, 0.1) is 0 Å². The van der Waals surface area contributed by atoms with E-state index < -0.39 is 11.9 Å². The third kappa shape index (κ3) is 3.12. The second-order valence-corrected chi connectivity index (χ2v) is 4.78. The topological polar surface area (TPSA) is 91.5 Å². The molecular weight excluding hydrogens is 280 g/mol. The second-order valence-electron chi connectivity index (χ2n) is 3.89. The minimum Gasteiger partial charge on any atom is -0.423 e. The van der Waals surface area contributed by atoms with E-state index in [1.807, 2.05) is 0 Å². The fourth-order valence-corrected chi connectivity index (χ4v) is 2.18. The smallest absolute Gasteiger partial charge is 0.308 e. The van der Waals surface area contributed by atoms with Crippen LogP contribution in [0.5, 0.6) is 11.5 Å². The van der Waals surface area contributed by atoms with Crippen molar-refractivity contribution >= 4 is 28.4 Å². The highest BCUT2D eigenvalue weighted by molar-refractivity contribution is 7.13. The predicted molar refractivity (Wildman–Crippen MR) is 74.6 cm³/mol. The first-order valence-corrected chi connectivity index (χ1v) is 6.56. The van der Waals surface area contributed by atoms with Gasteiger partial charge in [-0.1, -0.05) is 6.07 Å². The first kappa shape index (κ1) is 14.0. The van der Waals surface area contributed by atoms with Gasteiger partial charge in [-0.2, -0.15) is 0 Å². The molecular formula is C13H12N2O4S. The maximum absolute atomic E-state index is 11.2. The number of rotatable bonds is 3. The van der Waals surface area contributed by atoms with E-state index >= 15 is 0 Å². The van der Waals surface area contributed by atoms with Crippen LogP contribution in [0.2, 0.25) is 0 Å². The first-order chi connectivity index (χ1) is 9.47. The summed E-state index contributed by atoms with van der Waals surface area (Å²) in [6, 6.07) is 4.93. The van der Waals surface area contributed by atoms with Crippen LogP contribution in [0.3, 0.4) is 0 Å².